The van der Waals surface area contributed by atoms with Crippen LogP contribution in [0.5, 0.6) is 5.75 Å². The summed E-state index contributed by atoms with van der Waals surface area (Å²) in [5.41, 5.74) is 2.19. The lowest BCUT2D eigenvalue weighted by molar-refractivity contribution is 0.0924. The molecule has 2 aliphatic rings. The number of hydrogen-bond donors (Lipinski definition) is 1. The van der Waals surface area contributed by atoms with Crippen LogP contribution in [0.2, 0.25) is 0 Å². The maximum atomic E-state index is 11.9. The van der Waals surface area contributed by atoms with Crippen LogP contribution in [-0.2, 0) is 5.41 Å². The molecule has 1 fully saturated rings. The minimum atomic E-state index is 0.0557. The van der Waals surface area contributed by atoms with E-state index in [1.807, 2.05) is 12.1 Å². The standard InChI is InChI=1S/C14H17NO2/c1-17-10-4-5-11-12(8-10)14(6-2-3-7-14)9-15-13(11)16/h4-5,8H,2-3,6-7,9H2,1H3,(H,15,16). The lowest BCUT2D eigenvalue weighted by Gasteiger charge is -2.35. The Morgan fingerprint density at radius 3 is 2.76 bits per heavy atom. The van der Waals surface area contributed by atoms with Crippen molar-refractivity contribution in [3.05, 3.63) is 29.3 Å². The summed E-state index contributed by atoms with van der Waals surface area (Å²) >= 11 is 0. The van der Waals surface area contributed by atoms with Crippen molar-refractivity contribution in [1.29, 1.82) is 0 Å². The van der Waals surface area contributed by atoms with Crippen molar-refractivity contribution in [2.45, 2.75) is 31.1 Å². The van der Waals surface area contributed by atoms with Crippen LogP contribution in [0.3, 0.4) is 0 Å². The molecule has 3 heteroatoms. The van der Waals surface area contributed by atoms with Gasteiger partial charge < -0.3 is 10.1 Å². The van der Waals surface area contributed by atoms with Crippen molar-refractivity contribution in [1.82, 2.24) is 5.32 Å². The zero-order chi connectivity index (χ0) is 11.9. The van der Waals surface area contributed by atoms with E-state index < -0.39 is 0 Å². The first-order chi connectivity index (χ1) is 8.25. The number of ether oxygens (including phenoxy) is 1. The third-order valence-electron chi connectivity index (χ3n) is 4.19. The molecule has 1 aliphatic carbocycles. The van der Waals surface area contributed by atoms with Gasteiger partial charge in [-0.15, -0.1) is 0 Å². The van der Waals surface area contributed by atoms with E-state index in [2.05, 4.69) is 11.4 Å². The third kappa shape index (κ3) is 1.53. The molecule has 0 unspecified atom stereocenters. The molecule has 3 rings (SSSR count). The zero-order valence-electron chi connectivity index (χ0n) is 10.1. The van der Waals surface area contributed by atoms with Gasteiger partial charge in [0.25, 0.3) is 5.91 Å². The number of nitrogens with one attached hydrogen (secondary N) is 1. The second kappa shape index (κ2) is 3.76. The number of methoxy groups -OCH3 is 1. The van der Waals surface area contributed by atoms with Gasteiger partial charge in [-0.3, -0.25) is 4.79 Å². The normalized spacial score (nSPS) is 21.1. The Morgan fingerprint density at radius 1 is 1.29 bits per heavy atom. The van der Waals surface area contributed by atoms with Crippen LogP contribution in [0.25, 0.3) is 0 Å². The van der Waals surface area contributed by atoms with Crippen LogP contribution in [-0.4, -0.2) is 19.6 Å². The molecule has 3 nitrogen and oxygen atoms in total. The van der Waals surface area contributed by atoms with Crippen molar-refractivity contribution in [2.24, 2.45) is 0 Å². The Hall–Kier alpha value is -1.51. The predicted molar refractivity (Wildman–Crippen MR) is 65.5 cm³/mol. The van der Waals surface area contributed by atoms with Crippen molar-refractivity contribution < 1.29 is 9.53 Å². The molecule has 1 aliphatic heterocycles. The molecule has 0 saturated heterocycles. The van der Waals surface area contributed by atoms with Crippen molar-refractivity contribution in [2.75, 3.05) is 13.7 Å². The smallest absolute Gasteiger partial charge is 0.251 e. The van der Waals surface area contributed by atoms with Crippen LogP contribution in [0.15, 0.2) is 18.2 Å². The van der Waals surface area contributed by atoms with Crippen LogP contribution in [0.4, 0.5) is 0 Å². The summed E-state index contributed by atoms with van der Waals surface area (Å²) in [5.74, 6) is 0.907. The molecule has 0 atom stereocenters. The molecule has 90 valence electrons. The summed E-state index contributed by atoms with van der Waals surface area (Å²) < 4.78 is 5.29. The number of benzene rings is 1. The van der Waals surface area contributed by atoms with Crippen molar-refractivity contribution in [3.63, 3.8) is 0 Å². The van der Waals surface area contributed by atoms with Gasteiger partial charge in [-0.1, -0.05) is 12.8 Å². The molecule has 0 aromatic heterocycles. The number of amides is 1. The Bertz CT molecular complexity index is 461. The molecule has 0 radical (unpaired) electrons. The summed E-state index contributed by atoms with van der Waals surface area (Å²) in [6.45, 7) is 0.784. The van der Waals surface area contributed by atoms with Crippen molar-refractivity contribution >= 4 is 5.91 Å². The fourth-order valence-corrected chi connectivity index (χ4v) is 3.22. The highest BCUT2D eigenvalue weighted by atomic mass is 16.5. The molecule has 0 bridgehead atoms. The topological polar surface area (TPSA) is 38.3 Å². The van der Waals surface area contributed by atoms with E-state index >= 15 is 0 Å². The minimum absolute atomic E-state index is 0.0557. The molecule has 1 amide bonds. The number of carbonyl (C=O) groups excluding carboxylic acids is 1. The highest BCUT2D eigenvalue weighted by Crippen LogP contribution is 2.44. The van der Waals surface area contributed by atoms with Gasteiger partial charge in [0.05, 0.1) is 7.11 Å². The van der Waals surface area contributed by atoms with Crippen LogP contribution in [0, 0.1) is 0 Å². The van der Waals surface area contributed by atoms with Crippen LogP contribution in [0.1, 0.15) is 41.6 Å². The molecular weight excluding hydrogens is 214 g/mol. The van der Waals surface area contributed by atoms with E-state index in [4.69, 9.17) is 4.74 Å². The third-order valence-corrected chi connectivity index (χ3v) is 4.19. The van der Waals surface area contributed by atoms with Gasteiger partial charge >= 0.3 is 0 Å². The Labute approximate surface area is 101 Å². The number of fused-ring (bicyclic) bond motifs is 2. The molecule has 1 aromatic carbocycles. The SMILES string of the molecule is COc1ccc2c(c1)C1(CCCC1)CNC2=O. The lowest BCUT2D eigenvalue weighted by atomic mass is 9.74. The Balaban J connectivity index is 2.14. The van der Waals surface area contributed by atoms with Gasteiger partial charge in [0.2, 0.25) is 0 Å². The average Bonchev–Trinajstić information content (AvgIpc) is 2.84. The van der Waals surface area contributed by atoms with E-state index in [-0.39, 0.29) is 11.3 Å². The van der Waals surface area contributed by atoms with Gasteiger partial charge in [0.15, 0.2) is 0 Å². The average molecular weight is 231 g/mol. The largest absolute Gasteiger partial charge is 0.497 e. The first-order valence-electron chi connectivity index (χ1n) is 6.22. The van der Waals surface area contributed by atoms with Crippen LogP contribution >= 0.6 is 0 Å². The van der Waals surface area contributed by atoms with Gasteiger partial charge in [0, 0.05) is 17.5 Å². The first-order valence-corrected chi connectivity index (χ1v) is 6.22. The molecule has 1 heterocycles. The fraction of sp³-hybridized carbons (Fsp3) is 0.500. The minimum Gasteiger partial charge on any atom is -0.497 e. The maximum absolute atomic E-state index is 11.9. The summed E-state index contributed by atoms with van der Waals surface area (Å²) in [6, 6.07) is 5.81. The van der Waals surface area contributed by atoms with E-state index in [1.54, 1.807) is 7.11 Å². The van der Waals surface area contributed by atoms with E-state index in [0.717, 1.165) is 17.9 Å². The monoisotopic (exact) mass is 231 g/mol. The molecule has 1 saturated carbocycles. The van der Waals surface area contributed by atoms with Gasteiger partial charge in [-0.05, 0) is 36.6 Å². The lowest BCUT2D eigenvalue weighted by Crippen LogP contribution is -2.45. The number of hydrogen-bond acceptors (Lipinski definition) is 2. The van der Waals surface area contributed by atoms with E-state index in [0.29, 0.717) is 0 Å². The molecular formula is C14H17NO2. The number of carbonyl (C=O) groups is 1. The van der Waals surface area contributed by atoms with E-state index in [1.165, 1.54) is 31.2 Å². The Morgan fingerprint density at radius 2 is 2.06 bits per heavy atom. The molecule has 1 aromatic rings. The quantitative estimate of drug-likeness (QED) is 0.805. The molecule has 1 N–H and O–H groups in total. The van der Waals surface area contributed by atoms with E-state index in [9.17, 15) is 4.79 Å². The van der Waals surface area contributed by atoms with Crippen molar-refractivity contribution in [3.8, 4) is 5.75 Å². The number of rotatable bonds is 1. The summed E-state index contributed by atoms with van der Waals surface area (Å²) in [5, 5.41) is 3.03. The fourth-order valence-electron chi connectivity index (χ4n) is 3.22. The second-order valence-electron chi connectivity index (χ2n) is 5.08. The van der Waals surface area contributed by atoms with Gasteiger partial charge in [-0.2, -0.15) is 0 Å². The zero-order valence-corrected chi connectivity index (χ0v) is 10.1. The highest BCUT2D eigenvalue weighted by molar-refractivity contribution is 5.97. The molecule has 17 heavy (non-hydrogen) atoms. The maximum Gasteiger partial charge on any atom is 0.251 e. The summed E-state index contributed by atoms with van der Waals surface area (Å²) in [4.78, 5) is 11.9. The van der Waals surface area contributed by atoms with Crippen LogP contribution < -0.4 is 10.1 Å². The second-order valence-corrected chi connectivity index (χ2v) is 5.08. The van der Waals surface area contributed by atoms with Gasteiger partial charge in [-0.25, -0.2) is 0 Å². The molecule has 1 spiro atoms. The summed E-state index contributed by atoms with van der Waals surface area (Å²) in [6.07, 6.45) is 4.86. The first kappa shape index (κ1) is 10.6. The highest BCUT2D eigenvalue weighted by Gasteiger charge is 2.41. The predicted octanol–water partition coefficient (Wildman–Crippen LogP) is 2.25. The summed E-state index contributed by atoms with van der Waals surface area (Å²) in [7, 11) is 1.67. The Kier molecular flexibility index (Phi) is 2.35. The van der Waals surface area contributed by atoms with Gasteiger partial charge in [0.1, 0.15) is 5.75 Å².